The standard InChI is InChI=1S/C26H22N2O5/c1-16-12-17(13-25(29)32-18-6-4-3-5-7-18)8-9-22(16)33-23-10-11-28-21-15-24(31-2)20(26(27)30)14-19(21)23/h3-12,14-15H,13H2,1-2H3,(H2,27,30). The Bertz CT molecular complexity index is 1340. The van der Waals surface area contributed by atoms with Crippen molar-refractivity contribution in [3.63, 3.8) is 0 Å². The summed E-state index contributed by atoms with van der Waals surface area (Å²) in [5.41, 5.74) is 7.99. The number of rotatable bonds is 7. The smallest absolute Gasteiger partial charge is 0.315 e. The molecular weight excluding hydrogens is 420 g/mol. The van der Waals surface area contributed by atoms with Crippen LogP contribution in [0.1, 0.15) is 21.5 Å². The van der Waals surface area contributed by atoms with E-state index in [0.29, 0.717) is 33.9 Å². The fourth-order valence-electron chi connectivity index (χ4n) is 3.48. The average Bonchev–Trinajstić information content (AvgIpc) is 2.80. The summed E-state index contributed by atoms with van der Waals surface area (Å²) in [5.74, 6) is 1.04. The molecule has 0 bridgehead atoms. The van der Waals surface area contributed by atoms with E-state index in [4.69, 9.17) is 19.9 Å². The number of methoxy groups -OCH3 is 1. The van der Waals surface area contributed by atoms with Gasteiger partial charge in [-0.25, -0.2) is 0 Å². The maximum Gasteiger partial charge on any atom is 0.315 e. The summed E-state index contributed by atoms with van der Waals surface area (Å²) in [6, 6.07) is 19.4. The molecule has 1 amide bonds. The van der Waals surface area contributed by atoms with Gasteiger partial charge in [-0.1, -0.05) is 30.3 Å². The summed E-state index contributed by atoms with van der Waals surface area (Å²) in [7, 11) is 1.47. The number of carbonyl (C=O) groups excluding carboxylic acids is 2. The Kier molecular flexibility index (Phi) is 6.22. The predicted molar refractivity (Wildman–Crippen MR) is 124 cm³/mol. The highest BCUT2D eigenvalue weighted by molar-refractivity contribution is 6.01. The van der Waals surface area contributed by atoms with E-state index >= 15 is 0 Å². The lowest BCUT2D eigenvalue weighted by atomic mass is 10.1. The Morgan fingerprint density at radius 1 is 0.939 bits per heavy atom. The number of carbonyl (C=O) groups is 2. The number of amides is 1. The Morgan fingerprint density at radius 3 is 2.42 bits per heavy atom. The van der Waals surface area contributed by atoms with Crippen molar-refractivity contribution < 1.29 is 23.8 Å². The van der Waals surface area contributed by atoms with Gasteiger partial charge >= 0.3 is 5.97 Å². The third-order valence-corrected chi connectivity index (χ3v) is 5.07. The van der Waals surface area contributed by atoms with E-state index in [1.54, 1.807) is 42.6 Å². The molecule has 7 nitrogen and oxygen atoms in total. The van der Waals surface area contributed by atoms with Gasteiger partial charge in [0.25, 0.3) is 5.91 Å². The zero-order valence-corrected chi connectivity index (χ0v) is 18.2. The summed E-state index contributed by atoms with van der Waals surface area (Å²) in [4.78, 5) is 28.4. The number of esters is 1. The number of ether oxygens (including phenoxy) is 3. The summed E-state index contributed by atoms with van der Waals surface area (Å²) in [6.45, 7) is 1.89. The Hall–Kier alpha value is -4.39. The van der Waals surface area contributed by atoms with Crippen LogP contribution in [0.25, 0.3) is 10.9 Å². The molecule has 0 aliphatic rings. The molecule has 0 aliphatic carbocycles. The lowest BCUT2D eigenvalue weighted by Crippen LogP contribution is -2.12. The van der Waals surface area contributed by atoms with Crippen LogP contribution in [-0.4, -0.2) is 24.0 Å². The molecule has 2 N–H and O–H groups in total. The summed E-state index contributed by atoms with van der Waals surface area (Å²) >= 11 is 0. The Morgan fingerprint density at radius 2 is 1.73 bits per heavy atom. The number of aromatic nitrogens is 1. The van der Waals surface area contributed by atoms with E-state index in [1.165, 1.54) is 7.11 Å². The number of pyridine rings is 1. The lowest BCUT2D eigenvalue weighted by Gasteiger charge is -2.14. The van der Waals surface area contributed by atoms with Gasteiger partial charge in [-0.2, -0.15) is 0 Å². The van der Waals surface area contributed by atoms with Gasteiger partial charge in [-0.15, -0.1) is 0 Å². The molecule has 0 atom stereocenters. The van der Waals surface area contributed by atoms with Gasteiger partial charge in [-0.3, -0.25) is 14.6 Å². The molecule has 0 aliphatic heterocycles. The van der Waals surface area contributed by atoms with E-state index in [0.717, 1.165) is 11.1 Å². The van der Waals surface area contributed by atoms with Gasteiger partial charge < -0.3 is 19.9 Å². The van der Waals surface area contributed by atoms with Crippen LogP contribution in [-0.2, 0) is 11.2 Å². The number of nitrogens with two attached hydrogens (primary N) is 1. The summed E-state index contributed by atoms with van der Waals surface area (Å²) in [6.07, 6.45) is 1.75. The SMILES string of the molecule is COc1cc2nccc(Oc3ccc(CC(=O)Oc4ccccc4)cc3C)c2cc1C(N)=O. The average molecular weight is 442 g/mol. The number of fused-ring (bicyclic) bond motifs is 1. The molecule has 166 valence electrons. The van der Waals surface area contributed by atoms with Gasteiger partial charge in [0.2, 0.25) is 0 Å². The maximum absolute atomic E-state index is 12.2. The zero-order valence-electron chi connectivity index (χ0n) is 18.2. The molecule has 4 rings (SSSR count). The number of nitrogens with zero attached hydrogens (tertiary/aromatic N) is 1. The van der Waals surface area contributed by atoms with Crippen LogP contribution in [0, 0.1) is 6.92 Å². The number of hydrogen-bond acceptors (Lipinski definition) is 6. The molecule has 0 unspecified atom stereocenters. The van der Waals surface area contributed by atoms with E-state index in [-0.39, 0.29) is 18.0 Å². The predicted octanol–water partition coefficient (Wildman–Crippen LogP) is 4.59. The quantitative estimate of drug-likeness (QED) is 0.332. The Labute approximate surface area is 190 Å². The van der Waals surface area contributed by atoms with E-state index in [2.05, 4.69) is 4.98 Å². The van der Waals surface area contributed by atoms with Crippen molar-refractivity contribution in [2.45, 2.75) is 13.3 Å². The van der Waals surface area contributed by atoms with Gasteiger partial charge in [0.05, 0.1) is 24.6 Å². The topological polar surface area (TPSA) is 101 Å². The van der Waals surface area contributed by atoms with Crippen molar-refractivity contribution in [2.24, 2.45) is 5.73 Å². The van der Waals surface area contributed by atoms with Crippen LogP contribution in [0.15, 0.2) is 72.9 Å². The third-order valence-electron chi connectivity index (χ3n) is 5.07. The number of para-hydroxylation sites is 1. The van der Waals surface area contributed by atoms with E-state index in [1.807, 2.05) is 37.3 Å². The molecule has 33 heavy (non-hydrogen) atoms. The van der Waals surface area contributed by atoms with Crippen LogP contribution in [0.2, 0.25) is 0 Å². The molecule has 3 aromatic carbocycles. The molecule has 7 heteroatoms. The number of primary amides is 1. The molecule has 0 fully saturated rings. The van der Waals surface area contributed by atoms with Gasteiger partial charge in [-0.05, 0) is 48.4 Å². The first-order valence-corrected chi connectivity index (χ1v) is 10.2. The maximum atomic E-state index is 12.2. The highest BCUT2D eigenvalue weighted by Gasteiger charge is 2.15. The van der Waals surface area contributed by atoms with Crippen LogP contribution in [0.4, 0.5) is 0 Å². The molecule has 0 saturated carbocycles. The Balaban J connectivity index is 1.56. The normalized spacial score (nSPS) is 10.6. The molecule has 0 spiro atoms. The fraction of sp³-hybridized carbons (Fsp3) is 0.115. The zero-order chi connectivity index (χ0) is 23.4. The second kappa shape index (κ2) is 9.40. The van der Waals surface area contributed by atoms with E-state index < -0.39 is 5.91 Å². The van der Waals surface area contributed by atoms with Gasteiger partial charge in [0.15, 0.2) is 0 Å². The van der Waals surface area contributed by atoms with Crippen molar-refractivity contribution in [2.75, 3.05) is 7.11 Å². The first kappa shape index (κ1) is 21.8. The monoisotopic (exact) mass is 442 g/mol. The second-order valence-corrected chi connectivity index (χ2v) is 7.41. The highest BCUT2D eigenvalue weighted by Crippen LogP contribution is 2.34. The van der Waals surface area contributed by atoms with E-state index in [9.17, 15) is 9.59 Å². The molecule has 4 aromatic rings. The van der Waals surface area contributed by atoms with Crippen LogP contribution < -0.4 is 19.9 Å². The van der Waals surface area contributed by atoms with Crippen molar-refractivity contribution in [3.05, 3.63) is 89.6 Å². The van der Waals surface area contributed by atoms with Crippen LogP contribution >= 0.6 is 0 Å². The summed E-state index contributed by atoms with van der Waals surface area (Å²) < 4.78 is 16.7. The van der Waals surface area contributed by atoms with Crippen molar-refractivity contribution in [1.82, 2.24) is 4.98 Å². The molecule has 0 saturated heterocycles. The number of benzene rings is 3. The second-order valence-electron chi connectivity index (χ2n) is 7.41. The van der Waals surface area contributed by atoms with Crippen LogP contribution in [0.5, 0.6) is 23.0 Å². The minimum absolute atomic E-state index is 0.135. The number of aryl methyl sites for hydroxylation is 1. The first-order valence-electron chi connectivity index (χ1n) is 10.2. The fourth-order valence-corrected chi connectivity index (χ4v) is 3.48. The first-order chi connectivity index (χ1) is 15.9. The lowest BCUT2D eigenvalue weighted by molar-refractivity contribution is -0.133. The minimum Gasteiger partial charge on any atom is -0.496 e. The van der Waals surface area contributed by atoms with Gasteiger partial charge in [0, 0.05) is 17.6 Å². The summed E-state index contributed by atoms with van der Waals surface area (Å²) in [5, 5.41) is 0.627. The molecule has 1 heterocycles. The van der Waals surface area contributed by atoms with Crippen molar-refractivity contribution >= 4 is 22.8 Å². The minimum atomic E-state index is -0.605. The van der Waals surface area contributed by atoms with Crippen LogP contribution in [0.3, 0.4) is 0 Å². The van der Waals surface area contributed by atoms with Crippen molar-refractivity contribution in [1.29, 1.82) is 0 Å². The highest BCUT2D eigenvalue weighted by atomic mass is 16.5. The van der Waals surface area contributed by atoms with Crippen molar-refractivity contribution in [3.8, 4) is 23.0 Å². The largest absolute Gasteiger partial charge is 0.496 e. The number of hydrogen-bond donors (Lipinski definition) is 1. The third kappa shape index (κ3) is 4.93. The molecule has 1 aromatic heterocycles. The molecular formula is C26H22N2O5. The molecule has 0 radical (unpaired) electrons. The van der Waals surface area contributed by atoms with Gasteiger partial charge in [0.1, 0.15) is 23.0 Å².